The van der Waals surface area contributed by atoms with Gasteiger partial charge in [0.05, 0.1) is 4.92 Å². The second-order valence-electron chi connectivity index (χ2n) is 7.17. The van der Waals surface area contributed by atoms with Gasteiger partial charge in [-0.05, 0) is 43.4 Å². The lowest BCUT2D eigenvalue weighted by Crippen LogP contribution is -2.39. The molecule has 0 amide bonds. The van der Waals surface area contributed by atoms with Gasteiger partial charge in [0.25, 0.3) is 0 Å². The highest BCUT2D eigenvalue weighted by atomic mass is 32.2. The number of sulfone groups is 1. The predicted molar refractivity (Wildman–Crippen MR) is 98.7 cm³/mol. The molecule has 0 saturated carbocycles. The molecule has 1 aromatic rings. The van der Waals surface area contributed by atoms with E-state index < -0.39 is 14.8 Å². The van der Waals surface area contributed by atoms with Crippen molar-refractivity contribution >= 4 is 21.2 Å². The Hall–Kier alpha value is -1.67. The van der Waals surface area contributed by atoms with Gasteiger partial charge in [-0.25, -0.2) is 8.42 Å². The van der Waals surface area contributed by atoms with Crippen LogP contribution < -0.4 is 5.32 Å². The minimum atomic E-state index is -3.65. The topological polar surface area (TPSA) is 92.6 Å². The molecule has 0 aliphatic carbocycles. The summed E-state index contributed by atoms with van der Waals surface area (Å²) in [7, 11) is -3.65. The maximum Gasteiger partial charge on any atom is 0.310 e. The highest BCUT2D eigenvalue weighted by Crippen LogP contribution is 2.31. The molecule has 1 aliphatic rings. The van der Waals surface area contributed by atoms with Crippen LogP contribution >= 0.6 is 0 Å². The normalized spacial score (nSPS) is 21.9. The van der Waals surface area contributed by atoms with E-state index in [1.165, 1.54) is 18.6 Å². The first-order chi connectivity index (χ1) is 11.7. The molecule has 0 radical (unpaired) electrons. The van der Waals surface area contributed by atoms with E-state index in [-0.39, 0.29) is 16.3 Å². The average Bonchev–Trinajstić information content (AvgIpc) is 2.49. The minimum absolute atomic E-state index is 0.249. The van der Waals surface area contributed by atoms with Gasteiger partial charge in [-0.1, -0.05) is 19.9 Å². The van der Waals surface area contributed by atoms with Gasteiger partial charge in [-0.15, -0.1) is 0 Å². The van der Waals surface area contributed by atoms with Crippen LogP contribution in [0.1, 0.15) is 26.7 Å². The Balaban J connectivity index is 1.98. The molecule has 7 nitrogen and oxygen atoms in total. The van der Waals surface area contributed by atoms with E-state index in [1.807, 2.05) is 0 Å². The van der Waals surface area contributed by atoms with Crippen LogP contribution in [0.2, 0.25) is 0 Å². The Morgan fingerprint density at radius 1 is 1.28 bits per heavy atom. The van der Waals surface area contributed by atoms with Crippen molar-refractivity contribution in [3.8, 4) is 0 Å². The number of nitro benzene ring substituents is 1. The van der Waals surface area contributed by atoms with Crippen LogP contribution in [0, 0.1) is 22.0 Å². The van der Waals surface area contributed by atoms with Crippen molar-refractivity contribution in [1.82, 2.24) is 4.90 Å². The molecular weight excluding hydrogens is 342 g/mol. The molecule has 1 aromatic carbocycles. The third-order valence-electron chi connectivity index (χ3n) is 4.49. The lowest BCUT2D eigenvalue weighted by Gasteiger charge is -2.34. The number of likely N-dealkylation sites (tertiary alicyclic amines) is 1. The minimum Gasteiger partial charge on any atom is -0.379 e. The second kappa shape index (κ2) is 8.14. The van der Waals surface area contributed by atoms with E-state index in [0.29, 0.717) is 18.4 Å². The Labute approximate surface area is 149 Å². The number of hydrogen-bond acceptors (Lipinski definition) is 6. The number of piperidine rings is 1. The lowest BCUT2D eigenvalue weighted by molar-refractivity contribution is -0.386. The third-order valence-corrected chi connectivity index (χ3v) is 5.62. The quantitative estimate of drug-likeness (QED) is 0.451. The summed E-state index contributed by atoms with van der Waals surface area (Å²) in [4.78, 5) is 12.9. The zero-order valence-corrected chi connectivity index (χ0v) is 15.9. The molecular formula is C17H27N3O4S. The van der Waals surface area contributed by atoms with Crippen molar-refractivity contribution < 1.29 is 13.3 Å². The SMILES string of the molecule is CC1CC(C)CN(CCCNc2cccc(S(C)(=O)=O)c2[N+](=O)[O-])C1. The summed E-state index contributed by atoms with van der Waals surface area (Å²) >= 11 is 0. The van der Waals surface area contributed by atoms with Crippen molar-refractivity contribution in [2.24, 2.45) is 11.8 Å². The summed E-state index contributed by atoms with van der Waals surface area (Å²) < 4.78 is 23.5. The van der Waals surface area contributed by atoms with Gasteiger partial charge in [0, 0.05) is 25.9 Å². The Kier molecular flexibility index (Phi) is 6.40. The number of nitro groups is 1. The van der Waals surface area contributed by atoms with Gasteiger partial charge in [0.15, 0.2) is 9.84 Å². The molecule has 140 valence electrons. The molecule has 1 saturated heterocycles. The molecule has 8 heteroatoms. The van der Waals surface area contributed by atoms with Crippen molar-refractivity contribution in [1.29, 1.82) is 0 Å². The van der Waals surface area contributed by atoms with Crippen molar-refractivity contribution in [2.45, 2.75) is 31.6 Å². The number of nitrogens with zero attached hydrogens (tertiary/aromatic N) is 2. The second-order valence-corrected chi connectivity index (χ2v) is 9.15. The average molecular weight is 369 g/mol. The lowest BCUT2D eigenvalue weighted by atomic mass is 9.92. The van der Waals surface area contributed by atoms with Crippen LogP contribution in [0.15, 0.2) is 23.1 Å². The third kappa shape index (κ3) is 5.40. The smallest absolute Gasteiger partial charge is 0.310 e. The maximum atomic E-state index is 11.8. The van der Waals surface area contributed by atoms with Gasteiger partial charge in [0.1, 0.15) is 10.6 Å². The summed E-state index contributed by atoms with van der Waals surface area (Å²) in [6, 6.07) is 4.35. The van der Waals surface area contributed by atoms with E-state index in [4.69, 9.17) is 0 Å². The Morgan fingerprint density at radius 2 is 1.92 bits per heavy atom. The monoisotopic (exact) mass is 369 g/mol. The van der Waals surface area contributed by atoms with Crippen LogP contribution in [0.4, 0.5) is 11.4 Å². The molecule has 0 aromatic heterocycles. The van der Waals surface area contributed by atoms with Crippen molar-refractivity contribution in [3.05, 3.63) is 28.3 Å². The van der Waals surface area contributed by atoms with E-state index in [1.54, 1.807) is 6.07 Å². The van der Waals surface area contributed by atoms with Gasteiger partial charge in [-0.2, -0.15) is 0 Å². The molecule has 25 heavy (non-hydrogen) atoms. The summed E-state index contributed by atoms with van der Waals surface area (Å²) in [6.45, 7) is 8.21. The molecule has 0 spiro atoms. The Bertz CT molecular complexity index is 711. The molecule has 2 unspecified atom stereocenters. The zero-order chi connectivity index (χ0) is 18.6. The van der Waals surface area contributed by atoms with Gasteiger partial charge in [-0.3, -0.25) is 10.1 Å². The van der Waals surface area contributed by atoms with Crippen molar-refractivity contribution in [3.63, 3.8) is 0 Å². The number of anilines is 1. The van der Waals surface area contributed by atoms with Crippen LogP contribution in [0.25, 0.3) is 0 Å². The fourth-order valence-electron chi connectivity index (χ4n) is 3.65. The molecule has 0 bridgehead atoms. The number of para-hydroxylation sites is 1. The molecule has 2 atom stereocenters. The Morgan fingerprint density at radius 3 is 2.48 bits per heavy atom. The fourth-order valence-corrected chi connectivity index (χ4v) is 4.51. The van der Waals surface area contributed by atoms with E-state index in [2.05, 4.69) is 24.1 Å². The molecule has 1 fully saturated rings. The van der Waals surface area contributed by atoms with Crippen LogP contribution in [0.5, 0.6) is 0 Å². The number of rotatable bonds is 7. The van der Waals surface area contributed by atoms with Crippen LogP contribution in [0.3, 0.4) is 0 Å². The zero-order valence-electron chi connectivity index (χ0n) is 15.1. The van der Waals surface area contributed by atoms with E-state index in [0.717, 1.165) is 32.3 Å². The highest BCUT2D eigenvalue weighted by Gasteiger charge is 2.26. The van der Waals surface area contributed by atoms with Gasteiger partial charge >= 0.3 is 5.69 Å². The highest BCUT2D eigenvalue weighted by molar-refractivity contribution is 7.90. The largest absolute Gasteiger partial charge is 0.379 e. The summed E-state index contributed by atoms with van der Waals surface area (Å²) in [6.07, 6.45) is 3.09. The van der Waals surface area contributed by atoms with Crippen LogP contribution in [-0.2, 0) is 9.84 Å². The summed E-state index contributed by atoms with van der Waals surface area (Å²) in [5.74, 6) is 1.40. The maximum absolute atomic E-state index is 11.8. The molecule has 2 rings (SSSR count). The predicted octanol–water partition coefficient (Wildman–Crippen LogP) is 2.78. The summed E-state index contributed by atoms with van der Waals surface area (Å²) in [5, 5.41) is 14.4. The number of hydrogen-bond donors (Lipinski definition) is 1. The van der Waals surface area contributed by atoms with Gasteiger partial charge < -0.3 is 10.2 Å². The van der Waals surface area contributed by atoms with Gasteiger partial charge in [0.2, 0.25) is 0 Å². The molecule has 1 N–H and O–H groups in total. The van der Waals surface area contributed by atoms with Crippen molar-refractivity contribution in [2.75, 3.05) is 37.8 Å². The van der Waals surface area contributed by atoms with Crippen LogP contribution in [-0.4, -0.2) is 50.7 Å². The first kappa shape index (κ1) is 19.7. The first-order valence-corrected chi connectivity index (χ1v) is 10.5. The van der Waals surface area contributed by atoms with E-state index in [9.17, 15) is 18.5 Å². The molecule has 1 aliphatic heterocycles. The molecule has 1 heterocycles. The number of nitrogens with one attached hydrogen (secondary N) is 1. The summed E-state index contributed by atoms with van der Waals surface area (Å²) in [5.41, 5.74) is -0.112. The number of benzene rings is 1. The van der Waals surface area contributed by atoms with E-state index >= 15 is 0 Å². The first-order valence-electron chi connectivity index (χ1n) is 8.62. The standard InChI is InChI=1S/C17H27N3O4S/c1-13-10-14(2)12-19(11-13)9-5-8-18-15-6-4-7-16(25(3,23)24)17(15)20(21)22/h4,6-7,13-14,18H,5,8-12H2,1-3H3. The fraction of sp³-hybridized carbons (Fsp3) is 0.647.